The highest BCUT2D eigenvalue weighted by Crippen LogP contribution is 2.20. The highest BCUT2D eigenvalue weighted by atomic mass is 16.6. The van der Waals surface area contributed by atoms with Gasteiger partial charge in [-0.1, -0.05) is 0 Å². The van der Waals surface area contributed by atoms with E-state index in [0.29, 0.717) is 12.7 Å². The van der Waals surface area contributed by atoms with Gasteiger partial charge in [-0.2, -0.15) is 0 Å². The second kappa shape index (κ2) is 8.41. The third-order valence-corrected chi connectivity index (χ3v) is 4.68. The summed E-state index contributed by atoms with van der Waals surface area (Å²) in [4.78, 5) is 15.0. The van der Waals surface area contributed by atoms with Crippen LogP contribution in [0.15, 0.2) is 24.3 Å². The van der Waals surface area contributed by atoms with E-state index < -0.39 is 0 Å². The Morgan fingerprint density at radius 3 is 2.58 bits per heavy atom. The Bertz CT molecular complexity index is 523. The fourth-order valence-corrected chi connectivity index (χ4v) is 3.20. The standard InChI is InChI=1S/C17H25N3O4/c21-20(22)16-5-3-15(4-6-16)19-9-7-18(8-10-19)11-13-23-14-17-2-1-12-24-17/h3-6,17H,1-2,7-14H2/t17-/m1/s1. The van der Waals surface area contributed by atoms with Gasteiger partial charge in [0.2, 0.25) is 0 Å². The number of nitro groups is 1. The van der Waals surface area contributed by atoms with Gasteiger partial charge in [0.05, 0.1) is 24.2 Å². The lowest BCUT2D eigenvalue weighted by Crippen LogP contribution is -2.47. The summed E-state index contributed by atoms with van der Waals surface area (Å²) in [6.45, 7) is 7.12. The number of nitro benzene ring substituents is 1. The first-order valence-corrected chi connectivity index (χ1v) is 8.63. The summed E-state index contributed by atoms with van der Waals surface area (Å²) < 4.78 is 11.3. The first-order valence-electron chi connectivity index (χ1n) is 8.63. The molecule has 0 spiro atoms. The van der Waals surface area contributed by atoms with Crippen molar-refractivity contribution in [2.45, 2.75) is 18.9 Å². The molecule has 2 aliphatic heterocycles. The summed E-state index contributed by atoms with van der Waals surface area (Å²) in [6.07, 6.45) is 2.57. The lowest BCUT2D eigenvalue weighted by atomic mass is 10.2. The highest BCUT2D eigenvalue weighted by Gasteiger charge is 2.19. The van der Waals surface area contributed by atoms with E-state index in [1.165, 1.54) is 0 Å². The third-order valence-electron chi connectivity index (χ3n) is 4.68. The molecule has 7 heteroatoms. The number of rotatable bonds is 7. The Morgan fingerprint density at radius 1 is 1.21 bits per heavy atom. The molecular weight excluding hydrogens is 310 g/mol. The van der Waals surface area contributed by atoms with Crippen molar-refractivity contribution >= 4 is 11.4 Å². The highest BCUT2D eigenvalue weighted by molar-refractivity contribution is 5.51. The lowest BCUT2D eigenvalue weighted by molar-refractivity contribution is -0.384. The van der Waals surface area contributed by atoms with E-state index in [0.717, 1.165) is 64.5 Å². The van der Waals surface area contributed by atoms with Crippen LogP contribution in [0.25, 0.3) is 0 Å². The molecule has 2 heterocycles. The minimum Gasteiger partial charge on any atom is -0.377 e. The van der Waals surface area contributed by atoms with Crippen LogP contribution in [0.1, 0.15) is 12.8 Å². The molecule has 3 rings (SSSR count). The Hall–Kier alpha value is -1.70. The Kier molecular flexibility index (Phi) is 6.01. The maximum absolute atomic E-state index is 10.7. The average molecular weight is 335 g/mol. The summed E-state index contributed by atoms with van der Waals surface area (Å²) in [5.74, 6) is 0. The molecule has 0 saturated carbocycles. The molecule has 0 amide bonds. The zero-order chi connectivity index (χ0) is 16.8. The molecule has 0 radical (unpaired) electrons. The number of hydrogen-bond donors (Lipinski definition) is 0. The predicted octanol–water partition coefficient (Wildman–Crippen LogP) is 1.91. The SMILES string of the molecule is O=[N+]([O-])c1ccc(N2CCN(CCOC[C@H]3CCCO3)CC2)cc1. The van der Waals surface area contributed by atoms with E-state index in [-0.39, 0.29) is 10.6 Å². The van der Waals surface area contributed by atoms with Crippen LogP contribution in [0.3, 0.4) is 0 Å². The van der Waals surface area contributed by atoms with Gasteiger partial charge in [-0.05, 0) is 25.0 Å². The molecule has 2 aliphatic rings. The third kappa shape index (κ3) is 4.66. The largest absolute Gasteiger partial charge is 0.377 e. The lowest BCUT2D eigenvalue weighted by Gasteiger charge is -2.36. The Morgan fingerprint density at radius 2 is 1.96 bits per heavy atom. The van der Waals surface area contributed by atoms with Crippen LogP contribution in [-0.2, 0) is 9.47 Å². The molecule has 2 fully saturated rings. The van der Waals surface area contributed by atoms with Crippen LogP contribution in [0.5, 0.6) is 0 Å². The van der Waals surface area contributed by atoms with Crippen LogP contribution in [-0.4, -0.2) is 68.5 Å². The Balaban J connectivity index is 1.35. The van der Waals surface area contributed by atoms with E-state index in [2.05, 4.69) is 9.80 Å². The van der Waals surface area contributed by atoms with Crippen molar-refractivity contribution in [1.82, 2.24) is 4.90 Å². The van der Waals surface area contributed by atoms with Gasteiger partial charge in [-0.25, -0.2) is 0 Å². The summed E-state index contributed by atoms with van der Waals surface area (Å²) in [6, 6.07) is 6.80. The molecule has 0 N–H and O–H groups in total. The average Bonchev–Trinajstić information content (AvgIpc) is 3.13. The van der Waals surface area contributed by atoms with E-state index in [1.54, 1.807) is 12.1 Å². The number of anilines is 1. The van der Waals surface area contributed by atoms with Crippen LogP contribution >= 0.6 is 0 Å². The Labute approximate surface area is 142 Å². The molecule has 0 aliphatic carbocycles. The molecular formula is C17H25N3O4. The number of benzene rings is 1. The smallest absolute Gasteiger partial charge is 0.269 e. The number of hydrogen-bond acceptors (Lipinski definition) is 6. The minimum atomic E-state index is -0.363. The minimum absolute atomic E-state index is 0.140. The van der Waals surface area contributed by atoms with Crippen LogP contribution < -0.4 is 4.90 Å². The molecule has 2 saturated heterocycles. The van der Waals surface area contributed by atoms with Crippen LogP contribution in [0.2, 0.25) is 0 Å². The van der Waals surface area contributed by atoms with Gasteiger partial charge in [-0.3, -0.25) is 15.0 Å². The fourth-order valence-electron chi connectivity index (χ4n) is 3.20. The summed E-state index contributed by atoms with van der Waals surface area (Å²) >= 11 is 0. The monoisotopic (exact) mass is 335 g/mol. The molecule has 132 valence electrons. The maximum atomic E-state index is 10.7. The molecule has 0 bridgehead atoms. The van der Waals surface area contributed by atoms with Crippen molar-refractivity contribution in [1.29, 1.82) is 0 Å². The summed E-state index contributed by atoms with van der Waals surface area (Å²) in [5, 5.41) is 10.7. The summed E-state index contributed by atoms with van der Waals surface area (Å²) in [7, 11) is 0. The van der Waals surface area contributed by atoms with E-state index >= 15 is 0 Å². The molecule has 1 aromatic carbocycles. The van der Waals surface area contributed by atoms with Crippen LogP contribution in [0.4, 0.5) is 11.4 Å². The molecule has 1 aromatic rings. The van der Waals surface area contributed by atoms with Crippen LogP contribution in [0, 0.1) is 10.1 Å². The van der Waals surface area contributed by atoms with Gasteiger partial charge in [0, 0.05) is 57.2 Å². The summed E-state index contributed by atoms with van der Waals surface area (Å²) in [5.41, 5.74) is 1.19. The van der Waals surface area contributed by atoms with Crippen molar-refractivity contribution in [3.63, 3.8) is 0 Å². The second-order valence-corrected chi connectivity index (χ2v) is 6.31. The van der Waals surface area contributed by atoms with E-state index in [9.17, 15) is 10.1 Å². The molecule has 7 nitrogen and oxygen atoms in total. The first kappa shape index (κ1) is 17.1. The fraction of sp³-hybridized carbons (Fsp3) is 0.647. The van der Waals surface area contributed by atoms with Gasteiger partial charge in [0.15, 0.2) is 0 Å². The van der Waals surface area contributed by atoms with Crippen molar-refractivity contribution in [3.8, 4) is 0 Å². The van der Waals surface area contributed by atoms with Gasteiger partial charge < -0.3 is 14.4 Å². The maximum Gasteiger partial charge on any atom is 0.269 e. The topological polar surface area (TPSA) is 68.1 Å². The number of non-ortho nitro benzene ring substituents is 1. The number of ether oxygens (including phenoxy) is 2. The normalized spacial score (nSPS) is 22.0. The molecule has 0 unspecified atom stereocenters. The predicted molar refractivity (Wildman–Crippen MR) is 91.5 cm³/mol. The zero-order valence-corrected chi connectivity index (χ0v) is 13.9. The van der Waals surface area contributed by atoms with Crippen molar-refractivity contribution in [2.75, 3.05) is 57.4 Å². The van der Waals surface area contributed by atoms with Gasteiger partial charge in [-0.15, -0.1) is 0 Å². The van der Waals surface area contributed by atoms with Gasteiger partial charge in [0.25, 0.3) is 5.69 Å². The number of nitrogens with zero attached hydrogens (tertiary/aromatic N) is 3. The van der Waals surface area contributed by atoms with Crippen molar-refractivity contribution in [3.05, 3.63) is 34.4 Å². The van der Waals surface area contributed by atoms with E-state index in [1.807, 2.05) is 12.1 Å². The number of piperazine rings is 1. The molecule has 1 atom stereocenters. The van der Waals surface area contributed by atoms with Crippen molar-refractivity contribution < 1.29 is 14.4 Å². The van der Waals surface area contributed by atoms with Gasteiger partial charge in [0.1, 0.15) is 0 Å². The zero-order valence-electron chi connectivity index (χ0n) is 13.9. The van der Waals surface area contributed by atoms with E-state index in [4.69, 9.17) is 9.47 Å². The first-order chi connectivity index (χ1) is 11.7. The quantitative estimate of drug-likeness (QED) is 0.431. The van der Waals surface area contributed by atoms with Gasteiger partial charge >= 0.3 is 0 Å². The molecule has 0 aromatic heterocycles. The molecule has 24 heavy (non-hydrogen) atoms. The van der Waals surface area contributed by atoms with Crippen molar-refractivity contribution in [2.24, 2.45) is 0 Å². The second-order valence-electron chi connectivity index (χ2n) is 6.31.